The van der Waals surface area contributed by atoms with Gasteiger partial charge in [-0.2, -0.15) is 0 Å². The van der Waals surface area contributed by atoms with Crippen molar-refractivity contribution < 1.29 is 14.6 Å². The van der Waals surface area contributed by atoms with Gasteiger partial charge in [0, 0.05) is 17.6 Å². The summed E-state index contributed by atoms with van der Waals surface area (Å²) in [5.74, 6) is 0.767. The second kappa shape index (κ2) is 5.06. The lowest BCUT2D eigenvalue weighted by Gasteiger charge is -2.36. The van der Waals surface area contributed by atoms with Gasteiger partial charge in [0.05, 0.1) is 19.6 Å². The number of hydrogen-bond donors (Lipinski definition) is 1. The van der Waals surface area contributed by atoms with E-state index >= 15 is 0 Å². The first-order valence-corrected chi connectivity index (χ1v) is 6.17. The van der Waals surface area contributed by atoms with Crippen LogP contribution in [0.15, 0.2) is 22.7 Å². The molecule has 4 nitrogen and oxygen atoms in total. The number of aliphatic hydroxyl groups is 1. The van der Waals surface area contributed by atoms with Crippen LogP contribution in [0.3, 0.4) is 0 Å². The zero-order valence-corrected chi connectivity index (χ0v) is 11.1. The molecule has 0 spiro atoms. The molecule has 0 aliphatic carbocycles. The number of likely N-dealkylation sites (tertiary alicyclic amines) is 1. The van der Waals surface area contributed by atoms with Crippen molar-refractivity contribution in [2.75, 3.05) is 20.2 Å². The SMILES string of the molecule is COc1ccc(Br)c(CC(=O)N2CC(O)C2)c1. The fourth-order valence-corrected chi connectivity index (χ4v) is 2.13. The molecule has 1 aromatic rings. The number of halogens is 1. The molecule has 0 saturated carbocycles. The zero-order chi connectivity index (χ0) is 12.4. The fraction of sp³-hybridized carbons (Fsp3) is 0.417. The first-order chi connectivity index (χ1) is 8.10. The normalized spacial score (nSPS) is 15.6. The van der Waals surface area contributed by atoms with E-state index in [9.17, 15) is 4.79 Å². The first kappa shape index (κ1) is 12.4. The molecule has 0 unspecified atom stereocenters. The van der Waals surface area contributed by atoms with Crippen LogP contribution in [-0.4, -0.2) is 42.2 Å². The van der Waals surface area contributed by atoms with Gasteiger partial charge < -0.3 is 14.7 Å². The van der Waals surface area contributed by atoms with Crippen molar-refractivity contribution in [1.29, 1.82) is 0 Å². The number of rotatable bonds is 3. The molecular formula is C12H14BrNO3. The molecule has 1 aliphatic rings. The standard InChI is InChI=1S/C12H14BrNO3/c1-17-10-2-3-11(13)8(4-10)5-12(16)14-6-9(15)7-14/h2-4,9,15H,5-7H2,1H3. The number of carbonyl (C=O) groups excluding carboxylic acids is 1. The van der Waals surface area contributed by atoms with Crippen LogP contribution in [-0.2, 0) is 11.2 Å². The number of methoxy groups -OCH3 is 1. The van der Waals surface area contributed by atoms with Crippen molar-refractivity contribution in [3.05, 3.63) is 28.2 Å². The number of β-amino-alcohol motifs (C(OH)–C–C–N with tert-alkyl or cyclic N) is 1. The maximum absolute atomic E-state index is 11.8. The minimum Gasteiger partial charge on any atom is -0.497 e. The van der Waals surface area contributed by atoms with E-state index in [0.29, 0.717) is 19.5 Å². The summed E-state index contributed by atoms with van der Waals surface area (Å²) in [6.07, 6.45) is -0.0301. The topological polar surface area (TPSA) is 49.8 Å². The van der Waals surface area contributed by atoms with E-state index < -0.39 is 0 Å². The van der Waals surface area contributed by atoms with Crippen LogP contribution in [0.25, 0.3) is 0 Å². The van der Waals surface area contributed by atoms with Crippen molar-refractivity contribution in [3.63, 3.8) is 0 Å². The molecule has 0 bridgehead atoms. The molecule has 1 aromatic carbocycles. The van der Waals surface area contributed by atoms with E-state index in [1.807, 2.05) is 18.2 Å². The molecule has 0 aromatic heterocycles. The third-order valence-electron chi connectivity index (χ3n) is 2.81. The Kier molecular flexibility index (Phi) is 3.69. The first-order valence-electron chi connectivity index (χ1n) is 5.38. The summed E-state index contributed by atoms with van der Waals surface area (Å²) in [5, 5.41) is 9.15. The Balaban J connectivity index is 2.04. The van der Waals surface area contributed by atoms with Gasteiger partial charge in [0.15, 0.2) is 0 Å². The number of carbonyl (C=O) groups is 1. The van der Waals surface area contributed by atoms with Gasteiger partial charge in [-0.25, -0.2) is 0 Å². The summed E-state index contributed by atoms with van der Waals surface area (Å²) >= 11 is 3.41. The van der Waals surface area contributed by atoms with E-state index in [-0.39, 0.29) is 12.0 Å². The van der Waals surface area contributed by atoms with Crippen LogP contribution >= 0.6 is 15.9 Å². The minimum atomic E-state index is -0.354. The summed E-state index contributed by atoms with van der Waals surface area (Å²) in [7, 11) is 1.60. The van der Waals surface area contributed by atoms with Crippen molar-refractivity contribution >= 4 is 21.8 Å². The predicted molar refractivity (Wildman–Crippen MR) is 67.0 cm³/mol. The molecular weight excluding hydrogens is 286 g/mol. The average molecular weight is 300 g/mol. The van der Waals surface area contributed by atoms with Gasteiger partial charge in [-0.15, -0.1) is 0 Å². The molecule has 0 radical (unpaired) electrons. The molecule has 0 atom stereocenters. The molecule has 92 valence electrons. The molecule has 1 saturated heterocycles. The summed E-state index contributed by atoms with van der Waals surface area (Å²) in [6.45, 7) is 0.890. The van der Waals surface area contributed by atoms with Crippen molar-refractivity contribution in [1.82, 2.24) is 4.90 Å². The lowest BCUT2D eigenvalue weighted by Crippen LogP contribution is -2.53. The highest BCUT2D eigenvalue weighted by Crippen LogP contribution is 2.24. The van der Waals surface area contributed by atoms with Crippen LogP contribution < -0.4 is 4.74 Å². The Morgan fingerprint density at radius 2 is 2.29 bits per heavy atom. The van der Waals surface area contributed by atoms with Gasteiger partial charge in [-0.3, -0.25) is 4.79 Å². The van der Waals surface area contributed by atoms with Gasteiger partial charge in [0.2, 0.25) is 5.91 Å². The third-order valence-corrected chi connectivity index (χ3v) is 3.58. The maximum atomic E-state index is 11.8. The monoisotopic (exact) mass is 299 g/mol. The van der Waals surface area contributed by atoms with Crippen LogP contribution in [0.4, 0.5) is 0 Å². The van der Waals surface area contributed by atoms with Crippen molar-refractivity contribution in [2.45, 2.75) is 12.5 Å². The van der Waals surface area contributed by atoms with Crippen LogP contribution in [0.5, 0.6) is 5.75 Å². The van der Waals surface area contributed by atoms with Gasteiger partial charge >= 0.3 is 0 Å². The average Bonchev–Trinajstić information content (AvgIpc) is 2.27. The zero-order valence-electron chi connectivity index (χ0n) is 9.52. The van der Waals surface area contributed by atoms with E-state index in [0.717, 1.165) is 15.8 Å². The van der Waals surface area contributed by atoms with Crippen molar-refractivity contribution in [3.8, 4) is 5.75 Å². The highest BCUT2D eigenvalue weighted by molar-refractivity contribution is 9.10. The second-order valence-corrected chi connectivity index (χ2v) is 4.94. The number of aliphatic hydroxyl groups excluding tert-OH is 1. The lowest BCUT2D eigenvalue weighted by atomic mass is 10.1. The summed E-state index contributed by atoms with van der Waals surface area (Å²) < 4.78 is 6.02. The van der Waals surface area contributed by atoms with E-state index in [1.54, 1.807) is 12.0 Å². The molecule has 1 fully saturated rings. The van der Waals surface area contributed by atoms with Gasteiger partial charge in [-0.05, 0) is 23.8 Å². The summed E-state index contributed by atoms with van der Waals surface area (Å²) in [5.41, 5.74) is 0.899. The highest BCUT2D eigenvalue weighted by atomic mass is 79.9. The lowest BCUT2D eigenvalue weighted by molar-refractivity contribution is -0.140. The van der Waals surface area contributed by atoms with Crippen LogP contribution in [0, 0.1) is 0 Å². The number of ether oxygens (including phenoxy) is 1. The molecule has 2 rings (SSSR count). The molecule has 1 aliphatic heterocycles. The number of nitrogens with zero attached hydrogens (tertiary/aromatic N) is 1. The largest absolute Gasteiger partial charge is 0.497 e. The van der Waals surface area contributed by atoms with Gasteiger partial charge in [0.25, 0.3) is 0 Å². The molecule has 1 amide bonds. The Morgan fingerprint density at radius 3 is 2.88 bits per heavy atom. The quantitative estimate of drug-likeness (QED) is 0.912. The fourth-order valence-electron chi connectivity index (χ4n) is 1.75. The molecule has 1 N–H and O–H groups in total. The minimum absolute atomic E-state index is 0.0317. The molecule has 17 heavy (non-hydrogen) atoms. The Labute approximate surface area is 108 Å². The van der Waals surface area contributed by atoms with Crippen molar-refractivity contribution in [2.24, 2.45) is 0 Å². The molecule has 5 heteroatoms. The Morgan fingerprint density at radius 1 is 1.59 bits per heavy atom. The summed E-state index contributed by atoms with van der Waals surface area (Å²) in [4.78, 5) is 13.5. The summed E-state index contributed by atoms with van der Waals surface area (Å²) in [6, 6.07) is 5.55. The molecule has 1 heterocycles. The Hall–Kier alpha value is -1.07. The van der Waals surface area contributed by atoms with Gasteiger partial charge in [-0.1, -0.05) is 15.9 Å². The number of amides is 1. The smallest absolute Gasteiger partial charge is 0.227 e. The van der Waals surface area contributed by atoms with Crippen LogP contribution in [0.1, 0.15) is 5.56 Å². The van der Waals surface area contributed by atoms with Gasteiger partial charge in [0.1, 0.15) is 5.75 Å². The van der Waals surface area contributed by atoms with E-state index in [2.05, 4.69) is 15.9 Å². The Bertz CT molecular complexity index is 430. The number of hydrogen-bond acceptors (Lipinski definition) is 3. The van der Waals surface area contributed by atoms with E-state index in [1.165, 1.54) is 0 Å². The van der Waals surface area contributed by atoms with E-state index in [4.69, 9.17) is 9.84 Å². The third kappa shape index (κ3) is 2.79. The second-order valence-electron chi connectivity index (χ2n) is 4.09. The van der Waals surface area contributed by atoms with Crippen LogP contribution in [0.2, 0.25) is 0 Å². The predicted octanol–water partition coefficient (Wildman–Crippen LogP) is 1.20. The maximum Gasteiger partial charge on any atom is 0.227 e. The highest BCUT2D eigenvalue weighted by Gasteiger charge is 2.28. The number of benzene rings is 1.